The summed E-state index contributed by atoms with van der Waals surface area (Å²) < 4.78 is 16.8. The van der Waals surface area contributed by atoms with Crippen molar-refractivity contribution in [2.45, 2.75) is 44.4 Å². The molecule has 1 aliphatic carbocycles. The number of epoxide rings is 1. The minimum absolute atomic E-state index is 0.304. The van der Waals surface area contributed by atoms with Crippen LogP contribution < -0.4 is 0 Å². The van der Waals surface area contributed by atoms with E-state index in [9.17, 15) is 0 Å². The van der Waals surface area contributed by atoms with Gasteiger partial charge in [-0.2, -0.15) is 0 Å². The van der Waals surface area contributed by atoms with E-state index in [1.165, 1.54) is 0 Å². The summed E-state index contributed by atoms with van der Waals surface area (Å²) >= 11 is 0. The average Bonchev–Trinajstić information content (AvgIpc) is 2.67. The summed E-state index contributed by atoms with van der Waals surface area (Å²) in [4.78, 5) is 0. The van der Waals surface area contributed by atoms with Crippen LogP contribution in [0.1, 0.15) is 20.3 Å². The molecule has 0 bridgehead atoms. The highest BCUT2D eigenvalue weighted by atomic mass is 16.7. The molecule has 12 heavy (non-hydrogen) atoms. The lowest BCUT2D eigenvalue weighted by Gasteiger charge is -2.38. The second-order valence-corrected chi connectivity index (χ2v) is 4.43. The molecular formula is C9H14O3. The van der Waals surface area contributed by atoms with Gasteiger partial charge in [0.05, 0.1) is 18.8 Å². The number of fused-ring (bicyclic) bond motifs is 3. The van der Waals surface area contributed by atoms with E-state index >= 15 is 0 Å². The van der Waals surface area contributed by atoms with Crippen molar-refractivity contribution in [1.29, 1.82) is 0 Å². The van der Waals surface area contributed by atoms with E-state index in [0.29, 0.717) is 24.2 Å². The predicted molar refractivity (Wildman–Crippen MR) is 41.7 cm³/mol. The molecule has 3 fully saturated rings. The van der Waals surface area contributed by atoms with Crippen molar-refractivity contribution >= 4 is 0 Å². The predicted octanol–water partition coefficient (Wildman–Crippen LogP) is 0.925. The fraction of sp³-hybridized carbons (Fsp3) is 1.00. The first-order chi connectivity index (χ1) is 5.66. The molecule has 2 saturated heterocycles. The number of ether oxygens (including phenoxy) is 3. The Labute approximate surface area is 72.0 Å². The molecule has 3 heteroatoms. The van der Waals surface area contributed by atoms with E-state index in [0.717, 1.165) is 13.0 Å². The van der Waals surface area contributed by atoms with Crippen LogP contribution >= 0.6 is 0 Å². The maximum Gasteiger partial charge on any atom is 0.163 e. The molecule has 68 valence electrons. The molecule has 3 nitrogen and oxygen atoms in total. The number of hydrogen-bond donors (Lipinski definition) is 0. The third-order valence-corrected chi connectivity index (χ3v) is 3.01. The highest BCUT2D eigenvalue weighted by molar-refractivity contribution is 5.05. The van der Waals surface area contributed by atoms with Crippen molar-refractivity contribution < 1.29 is 14.2 Å². The molecule has 0 aromatic carbocycles. The summed E-state index contributed by atoms with van der Waals surface area (Å²) in [5.74, 6) is 0.184. The third kappa shape index (κ3) is 0.934. The summed E-state index contributed by atoms with van der Waals surface area (Å²) in [6, 6.07) is 0. The van der Waals surface area contributed by atoms with E-state index in [1.807, 2.05) is 13.8 Å². The first-order valence-corrected chi connectivity index (χ1v) is 4.63. The Morgan fingerprint density at radius 3 is 2.92 bits per heavy atom. The lowest BCUT2D eigenvalue weighted by molar-refractivity contribution is -0.294. The van der Waals surface area contributed by atoms with Crippen LogP contribution in [0.5, 0.6) is 0 Å². The molecule has 4 atom stereocenters. The minimum Gasteiger partial charge on any atom is -0.367 e. The normalized spacial score (nSPS) is 54.5. The number of rotatable bonds is 0. The molecule has 3 aliphatic rings. The Morgan fingerprint density at radius 1 is 1.25 bits per heavy atom. The third-order valence-electron chi connectivity index (χ3n) is 3.01. The van der Waals surface area contributed by atoms with Crippen LogP contribution in [0.2, 0.25) is 0 Å². The van der Waals surface area contributed by atoms with Crippen LogP contribution in [0, 0.1) is 5.92 Å². The molecular weight excluding hydrogens is 156 g/mol. The van der Waals surface area contributed by atoms with Gasteiger partial charge in [-0.25, -0.2) is 0 Å². The standard InChI is InChI=1S/C9H14O3/c1-9(2)10-4-5-3-6-8(11-6)7(5)12-9/h5-8H,3-4H2,1-2H3. The number of hydrogen-bond acceptors (Lipinski definition) is 3. The zero-order chi connectivity index (χ0) is 8.34. The van der Waals surface area contributed by atoms with Crippen LogP contribution in [0.4, 0.5) is 0 Å². The van der Waals surface area contributed by atoms with Crippen molar-refractivity contribution in [3.63, 3.8) is 0 Å². The molecule has 0 N–H and O–H groups in total. The van der Waals surface area contributed by atoms with Gasteiger partial charge in [-0.3, -0.25) is 0 Å². The molecule has 1 saturated carbocycles. The second kappa shape index (κ2) is 2.03. The SMILES string of the molecule is CC1(C)OCC2CC3OC3C2O1. The topological polar surface area (TPSA) is 31.0 Å². The average molecular weight is 170 g/mol. The lowest BCUT2D eigenvalue weighted by atomic mass is 10.0. The van der Waals surface area contributed by atoms with Crippen molar-refractivity contribution in [2.24, 2.45) is 5.92 Å². The van der Waals surface area contributed by atoms with Crippen molar-refractivity contribution in [1.82, 2.24) is 0 Å². The fourth-order valence-electron chi connectivity index (χ4n) is 2.33. The summed E-state index contributed by atoms with van der Waals surface area (Å²) in [7, 11) is 0. The quantitative estimate of drug-likeness (QED) is 0.507. The summed E-state index contributed by atoms with van der Waals surface area (Å²) in [6.45, 7) is 4.78. The van der Waals surface area contributed by atoms with Crippen LogP contribution in [0.25, 0.3) is 0 Å². The maximum absolute atomic E-state index is 5.80. The first-order valence-electron chi connectivity index (χ1n) is 4.63. The lowest BCUT2D eigenvalue weighted by Crippen LogP contribution is -2.45. The van der Waals surface area contributed by atoms with Gasteiger partial charge in [0.2, 0.25) is 0 Å². The second-order valence-electron chi connectivity index (χ2n) is 4.43. The molecule has 4 unspecified atom stereocenters. The van der Waals surface area contributed by atoms with Gasteiger partial charge in [0, 0.05) is 5.92 Å². The smallest absolute Gasteiger partial charge is 0.163 e. The first kappa shape index (κ1) is 7.30. The van der Waals surface area contributed by atoms with Crippen molar-refractivity contribution in [3.05, 3.63) is 0 Å². The highest BCUT2D eigenvalue weighted by Crippen LogP contribution is 2.47. The van der Waals surface area contributed by atoms with E-state index in [-0.39, 0.29) is 0 Å². The molecule has 2 heterocycles. The van der Waals surface area contributed by atoms with Crippen LogP contribution in [-0.4, -0.2) is 30.7 Å². The van der Waals surface area contributed by atoms with Gasteiger partial charge in [0.25, 0.3) is 0 Å². The monoisotopic (exact) mass is 170 g/mol. The van der Waals surface area contributed by atoms with Gasteiger partial charge < -0.3 is 14.2 Å². The maximum atomic E-state index is 5.80. The molecule has 0 aromatic heterocycles. The fourth-order valence-corrected chi connectivity index (χ4v) is 2.33. The van der Waals surface area contributed by atoms with E-state index in [1.54, 1.807) is 0 Å². The summed E-state index contributed by atoms with van der Waals surface area (Å²) in [5.41, 5.74) is 0. The minimum atomic E-state index is -0.401. The van der Waals surface area contributed by atoms with Gasteiger partial charge in [-0.15, -0.1) is 0 Å². The Bertz CT molecular complexity index is 214. The van der Waals surface area contributed by atoms with Crippen LogP contribution in [0.3, 0.4) is 0 Å². The van der Waals surface area contributed by atoms with Gasteiger partial charge in [-0.1, -0.05) is 0 Å². The van der Waals surface area contributed by atoms with E-state index in [4.69, 9.17) is 14.2 Å². The van der Waals surface area contributed by atoms with Gasteiger partial charge in [-0.05, 0) is 20.3 Å². The summed E-state index contributed by atoms with van der Waals surface area (Å²) in [5, 5.41) is 0. The molecule has 0 aromatic rings. The molecule has 3 rings (SSSR count). The van der Waals surface area contributed by atoms with E-state index < -0.39 is 5.79 Å². The molecule has 0 amide bonds. The summed E-state index contributed by atoms with van der Waals surface area (Å²) in [6.07, 6.45) is 2.31. The molecule has 0 spiro atoms. The Morgan fingerprint density at radius 2 is 2.08 bits per heavy atom. The van der Waals surface area contributed by atoms with Crippen molar-refractivity contribution in [2.75, 3.05) is 6.61 Å². The van der Waals surface area contributed by atoms with Gasteiger partial charge in [0.15, 0.2) is 5.79 Å². The molecule has 0 radical (unpaired) electrons. The van der Waals surface area contributed by atoms with Gasteiger partial charge in [0.1, 0.15) is 6.10 Å². The Balaban J connectivity index is 1.78. The van der Waals surface area contributed by atoms with E-state index in [2.05, 4.69) is 0 Å². The van der Waals surface area contributed by atoms with Crippen molar-refractivity contribution in [3.8, 4) is 0 Å². The zero-order valence-electron chi connectivity index (χ0n) is 7.45. The van der Waals surface area contributed by atoms with Crippen LogP contribution in [-0.2, 0) is 14.2 Å². The zero-order valence-corrected chi connectivity index (χ0v) is 7.45. The molecule has 2 aliphatic heterocycles. The highest BCUT2D eigenvalue weighted by Gasteiger charge is 2.59. The largest absolute Gasteiger partial charge is 0.367 e. The Hall–Kier alpha value is -0.120. The Kier molecular flexibility index (Phi) is 1.23. The van der Waals surface area contributed by atoms with Gasteiger partial charge >= 0.3 is 0 Å². The van der Waals surface area contributed by atoms with Crippen LogP contribution in [0.15, 0.2) is 0 Å².